The largest absolute Gasteiger partial charge is 0.286 e. The molecular formula is C23H16F2N2O. The number of rotatable bonds is 4. The first-order valence-electron chi connectivity index (χ1n) is 8.78. The molecule has 0 saturated heterocycles. The third-order valence-electron chi connectivity index (χ3n) is 4.41. The molecule has 1 heterocycles. The number of hydrogen-bond donors (Lipinski definition) is 0. The van der Waals surface area contributed by atoms with E-state index < -0.39 is 0 Å². The summed E-state index contributed by atoms with van der Waals surface area (Å²) >= 11 is 0. The molecule has 0 aliphatic carbocycles. The number of halogens is 2. The van der Waals surface area contributed by atoms with E-state index >= 15 is 0 Å². The van der Waals surface area contributed by atoms with E-state index in [1.165, 1.54) is 24.3 Å². The van der Waals surface area contributed by atoms with E-state index in [-0.39, 0.29) is 29.8 Å². The van der Waals surface area contributed by atoms with Gasteiger partial charge in [-0.25, -0.2) is 13.8 Å². The van der Waals surface area contributed by atoms with Crippen LogP contribution in [-0.4, -0.2) is 16.6 Å². The molecule has 1 amide bonds. The molecule has 0 spiro atoms. The van der Waals surface area contributed by atoms with Crippen molar-refractivity contribution in [3.8, 4) is 0 Å². The first-order chi connectivity index (χ1) is 13.6. The molecule has 0 bridgehead atoms. The van der Waals surface area contributed by atoms with E-state index in [0.717, 1.165) is 11.1 Å². The number of amides is 1. The summed E-state index contributed by atoms with van der Waals surface area (Å²) in [6.07, 6.45) is 1.63. The van der Waals surface area contributed by atoms with Crippen molar-refractivity contribution in [1.29, 1.82) is 0 Å². The summed E-state index contributed by atoms with van der Waals surface area (Å²) in [6, 6.07) is 21.3. The lowest BCUT2D eigenvalue weighted by Gasteiger charge is -2.18. The number of nitrogens with zero attached hydrogens (tertiary/aromatic N) is 2. The van der Waals surface area contributed by atoms with Crippen LogP contribution in [0.3, 0.4) is 0 Å². The van der Waals surface area contributed by atoms with Gasteiger partial charge >= 0.3 is 0 Å². The molecule has 0 N–H and O–H groups in total. The summed E-state index contributed by atoms with van der Waals surface area (Å²) in [4.78, 5) is 19.1. The van der Waals surface area contributed by atoms with E-state index in [0.29, 0.717) is 11.4 Å². The Morgan fingerprint density at radius 1 is 0.821 bits per heavy atom. The lowest BCUT2D eigenvalue weighted by Crippen LogP contribution is -2.32. The molecule has 3 aromatic carbocycles. The number of carbonyl (C=O) groups is 1. The molecule has 1 aliphatic rings. The van der Waals surface area contributed by atoms with Crippen LogP contribution in [-0.2, 0) is 11.3 Å². The van der Waals surface area contributed by atoms with Crippen LogP contribution in [0.15, 0.2) is 89.6 Å². The van der Waals surface area contributed by atoms with Crippen molar-refractivity contribution in [1.82, 2.24) is 4.90 Å². The molecule has 0 unspecified atom stereocenters. The van der Waals surface area contributed by atoms with Crippen LogP contribution in [0.25, 0.3) is 6.08 Å². The minimum atomic E-state index is -0.341. The average molecular weight is 374 g/mol. The molecule has 0 fully saturated rings. The van der Waals surface area contributed by atoms with E-state index in [4.69, 9.17) is 0 Å². The predicted octanol–water partition coefficient (Wildman–Crippen LogP) is 4.79. The Hall–Kier alpha value is -3.60. The smallest absolute Gasteiger partial charge is 0.278 e. The minimum absolute atomic E-state index is 0.257. The van der Waals surface area contributed by atoms with Crippen LogP contribution in [0, 0.1) is 11.6 Å². The van der Waals surface area contributed by atoms with Gasteiger partial charge in [0.1, 0.15) is 23.2 Å². The molecule has 0 aromatic heterocycles. The van der Waals surface area contributed by atoms with Crippen molar-refractivity contribution in [2.45, 2.75) is 6.54 Å². The van der Waals surface area contributed by atoms with Crippen LogP contribution in [0.4, 0.5) is 8.78 Å². The van der Waals surface area contributed by atoms with Crippen molar-refractivity contribution in [3.05, 3.63) is 113 Å². The van der Waals surface area contributed by atoms with Crippen LogP contribution in [0.2, 0.25) is 0 Å². The maximum absolute atomic E-state index is 13.2. The van der Waals surface area contributed by atoms with Gasteiger partial charge in [0.15, 0.2) is 0 Å². The van der Waals surface area contributed by atoms with Crippen molar-refractivity contribution >= 4 is 17.8 Å². The number of carbonyl (C=O) groups excluding carboxylic acids is 1. The highest BCUT2D eigenvalue weighted by Gasteiger charge is 2.31. The number of aliphatic imine (C=N–C) groups is 1. The second-order valence-corrected chi connectivity index (χ2v) is 6.40. The summed E-state index contributed by atoms with van der Waals surface area (Å²) in [7, 11) is 0. The highest BCUT2D eigenvalue weighted by molar-refractivity contribution is 6.19. The Bertz CT molecular complexity index is 1060. The first-order valence-corrected chi connectivity index (χ1v) is 8.78. The van der Waals surface area contributed by atoms with Crippen molar-refractivity contribution in [2.24, 2.45) is 4.99 Å². The lowest BCUT2D eigenvalue weighted by molar-refractivity contribution is -0.123. The van der Waals surface area contributed by atoms with Crippen LogP contribution in [0.5, 0.6) is 0 Å². The van der Waals surface area contributed by atoms with E-state index in [9.17, 15) is 13.6 Å². The summed E-state index contributed by atoms with van der Waals surface area (Å²) < 4.78 is 26.4. The van der Waals surface area contributed by atoms with Gasteiger partial charge in [-0.1, -0.05) is 54.6 Å². The van der Waals surface area contributed by atoms with E-state index in [1.54, 1.807) is 35.2 Å². The van der Waals surface area contributed by atoms with Crippen molar-refractivity contribution in [2.75, 3.05) is 0 Å². The molecule has 5 heteroatoms. The van der Waals surface area contributed by atoms with Crippen LogP contribution < -0.4 is 0 Å². The SMILES string of the molecule is O=C1/C(=C\c2ccc(F)cc2)N=C(c2ccccc2)N1Cc1ccc(F)cc1. The Labute approximate surface area is 161 Å². The minimum Gasteiger partial charge on any atom is -0.286 e. The third kappa shape index (κ3) is 3.74. The van der Waals surface area contributed by atoms with Gasteiger partial charge < -0.3 is 0 Å². The Balaban J connectivity index is 1.71. The van der Waals surface area contributed by atoms with Gasteiger partial charge in [-0.3, -0.25) is 9.69 Å². The predicted molar refractivity (Wildman–Crippen MR) is 104 cm³/mol. The Morgan fingerprint density at radius 2 is 1.43 bits per heavy atom. The Kier molecular flexibility index (Phi) is 4.81. The fourth-order valence-electron chi connectivity index (χ4n) is 2.99. The van der Waals surface area contributed by atoms with Gasteiger partial charge in [0.05, 0.1) is 6.54 Å². The van der Waals surface area contributed by atoms with E-state index in [2.05, 4.69) is 4.99 Å². The number of amidine groups is 1. The molecular weight excluding hydrogens is 358 g/mol. The number of hydrogen-bond acceptors (Lipinski definition) is 2. The lowest BCUT2D eigenvalue weighted by atomic mass is 10.1. The molecule has 3 nitrogen and oxygen atoms in total. The summed E-state index contributed by atoms with van der Waals surface area (Å²) in [5.74, 6) is -0.396. The summed E-state index contributed by atoms with van der Waals surface area (Å²) in [5.41, 5.74) is 2.55. The fourth-order valence-corrected chi connectivity index (χ4v) is 2.99. The average Bonchev–Trinajstić information content (AvgIpc) is 3.02. The molecule has 0 atom stereocenters. The summed E-state index contributed by atoms with van der Waals surface area (Å²) in [6.45, 7) is 0.271. The Morgan fingerprint density at radius 3 is 2.07 bits per heavy atom. The standard InChI is InChI=1S/C23H16F2N2O/c24-19-10-6-16(7-11-19)14-21-23(28)27(15-17-8-12-20(25)13-9-17)22(26-21)18-4-2-1-3-5-18/h1-14H,15H2/b21-14+. The third-order valence-corrected chi connectivity index (χ3v) is 4.41. The topological polar surface area (TPSA) is 32.7 Å². The van der Waals surface area contributed by atoms with Crippen molar-refractivity contribution in [3.63, 3.8) is 0 Å². The molecule has 3 aromatic rings. The normalized spacial score (nSPS) is 15.2. The zero-order chi connectivity index (χ0) is 19.5. The van der Waals surface area contributed by atoms with Crippen LogP contribution in [0.1, 0.15) is 16.7 Å². The van der Waals surface area contributed by atoms with E-state index in [1.807, 2.05) is 30.3 Å². The second-order valence-electron chi connectivity index (χ2n) is 6.40. The van der Waals surface area contributed by atoms with Gasteiger partial charge in [0, 0.05) is 5.56 Å². The highest BCUT2D eigenvalue weighted by atomic mass is 19.1. The van der Waals surface area contributed by atoms with Gasteiger partial charge in [-0.05, 0) is 41.5 Å². The zero-order valence-corrected chi connectivity index (χ0v) is 14.8. The van der Waals surface area contributed by atoms with Gasteiger partial charge in [-0.15, -0.1) is 0 Å². The molecule has 28 heavy (non-hydrogen) atoms. The van der Waals surface area contributed by atoms with Gasteiger partial charge in [0.2, 0.25) is 0 Å². The molecule has 138 valence electrons. The first kappa shape index (κ1) is 17.8. The molecule has 1 aliphatic heterocycles. The van der Waals surface area contributed by atoms with Crippen LogP contribution >= 0.6 is 0 Å². The maximum Gasteiger partial charge on any atom is 0.278 e. The molecule has 0 saturated carbocycles. The molecule has 4 rings (SSSR count). The van der Waals surface area contributed by atoms with Gasteiger partial charge in [-0.2, -0.15) is 0 Å². The number of benzene rings is 3. The summed E-state index contributed by atoms with van der Waals surface area (Å²) in [5, 5.41) is 0. The monoisotopic (exact) mass is 374 g/mol. The zero-order valence-electron chi connectivity index (χ0n) is 14.8. The van der Waals surface area contributed by atoms with Gasteiger partial charge in [0.25, 0.3) is 5.91 Å². The molecule has 0 radical (unpaired) electrons. The highest BCUT2D eigenvalue weighted by Crippen LogP contribution is 2.24. The fraction of sp³-hybridized carbons (Fsp3) is 0.0435. The second kappa shape index (κ2) is 7.56. The van der Waals surface area contributed by atoms with Crippen molar-refractivity contribution < 1.29 is 13.6 Å². The maximum atomic E-state index is 13.2. The quantitative estimate of drug-likeness (QED) is 0.604.